The van der Waals surface area contributed by atoms with Gasteiger partial charge in [0.2, 0.25) is 0 Å². The highest BCUT2D eigenvalue weighted by molar-refractivity contribution is 5.97. The predicted octanol–water partition coefficient (Wildman–Crippen LogP) is 8.75. The van der Waals surface area contributed by atoms with Gasteiger partial charge in [0.15, 0.2) is 5.78 Å². The minimum atomic E-state index is -0.206. The molecule has 0 amide bonds. The fourth-order valence-electron chi connectivity index (χ4n) is 4.84. The number of aryl methyl sites for hydroxylation is 1. The molecule has 2 aliphatic carbocycles. The lowest BCUT2D eigenvalue weighted by molar-refractivity contribution is -0.113. The Kier molecular flexibility index (Phi) is 8.25. The van der Waals surface area contributed by atoms with Gasteiger partial charge in [-0.3, -0.25) is 4.79 Å². The number of hydrogen-bond acceptors (Lipinski definition) is 1. The molecule has 0 radical (unpaired) electrons. The largest absolute Gasteiger partial charge is 0.295 e. The Morgan fingerprint density at radius 3 is 2.44 bits per heavy atom. The molecule has 2 aromatic carbocycles. The summed E-state index contributed by atoms with van der Waals surface area (Å²) in [5, 5.41) is 0. The van der Waals surface area contributed by atoms with E-state index in [0.717, 1.165) is 55.2 Å². The summed E-state index contributed by atoms with van der Waals surface area (Å²) in [5.41, 5.74) is 7.32. The van der Waals surface area contributed by atoms with Gasteiger partial charge in [0.25, 0.3) is 0 Å². The second kappa shape index (κ2) is 11.7. The van der Waals surface area contributed by atoms with E-state index in [4.69, 9.17) is 0 Å². The lowest BCUT2D eigenvalue weighted by Crippen LogP contribution is -2.07. The summed E-state index contributed by atoms with van der Waals surface area (Å²) >= 11 is 0. The molecule has 0 bridgehead atoms. The van der Waals surface area contributed by atoms with Gasteiger partial charge in [0.1, 0.15) is 5.82 Å². The van der Waals surface area contributed by atoms with Crippen LogP contribution >= 0.6 is 0 Å². The minimum Gasteiger partial charge on any atom is -0.295 e. The molecule has 0 spiro atoms. The molecule has 2 heteroatoms. The van der Waals surface area contributed by atoms with Crippen LogP contribution in [0.5, 0.6) is 0 Å². The Balaban J connectivity index is 0.00000342. The van der Waals surface area contributed by atoms with Crippen molar-refractivity contribution in [3.05, 3.63) is 124 Å². The number of hydrogen-bond donors (Lipinski definition) is 0. The minimum absolute atomic E-state index is 0. The molecule has 0 aliphatic heterocycles. The third kappa shape index (κ3) is 6.20. The first-order valence-electron chi connectivity index (χ1n) is 12.4. The van der Waals surface area contributed by atoms with Crippen LogP contribution in [0.15, 0.2) is 107 Å². The maximum atomic E-state index is 14.4. The number of halogens is 1. The predicted molar refractivity (Wildman–Crippen MR) is 142 cm³/mol. The Morgan fingerprint density at radius 2 is 1.65 bits per heavy atom. The fraction of sp³-hybridized carbons (Fsp3) is 0.281. The Bertz CT molecular complexity index is 1180. The zero-order valence-electron chi connectivity index (χ0n) is 20.0. The molecule has 0 heterocycles. The van der Waals surface area contributed by atoms with Crippen LogP contribution in [0.3, 0.4) is 0 Å². The Morgan fingerprint density at radius 1 is 0.882 bits per heavy atom. The molecule has 0 N–H and O–H groups in total. The first kappa shape index (κ1) is 23.9. The monoisotopic (exact) mass is 454 g/mol. The third-order valence-electron chi connectivity index (χ3n) is 6.70. The number of Topliss-reactive ketones (excluding diaryl/α,β-unsaturated/α-hetero) is 1. The highest BCUT2D eigenvalue weighted by Gasteiger charge is 2.19. The molecule has 34 heavy (non-hydrogen) atoms. The molecule has 0 unspecified atom stereocenters. The summed E-state index contributed by atoms with van der Waals surface area (Å²) in [6, 6.07) is 17.5. The first-order chi connectivity index (χ1) is 16.6. The van der Waals surface area contributed by atoms with E-state index in [0.29, 0.717) is 5.56 Å². The number of carbonyl (C=O) groups excluding carboxylic acids is 1. The van der Waals surface area contributed by atoms with Gasteiger partial charge < -0.3 is 0 Å². The molecule has 0 saturated carbocycles. The summed E-state index contributed by atoms with van der Waals surface area (Å²) in [7, 11) is 0. The smallest absolute Gasteiger partial charge is 0.159 e. The van der Waals surface area contributed by atoms with Gasteiger partial charge in [0, 0.05) is 12.6 Å². The van der Waals surface area contributed by atoms with Crippen molar-refractivity contribution < 1.29 is 10.6 Å². The van der Waals surface area contributed by atoms with Gasteiger partial charge in [-0.25, -0.2) is 4.39 Å². The van der Waals surface area contributed by atoms with Crippen LogP contribution in [0.1, 0.15) is 64.4 Å². The van der Waals surface area contributed by atoms with Crippen LogP contribution in [0.4, 0.5) is 4.39 Å². The number of carbonyl (C=O) groups is 1. The SMILES string of the molecule is CC(=O)C1=C(CCCCCc2ccccc2)CCC(C2=CC(c3ccccc3F)=CCC=C2)=C1.[HH]. The molecular formula is C32H35FO. The number of allylic oxidation sites excluding steroid dienone is 10. The van der Waals surface area contributed by atoms with Crippen molar-refractivity contribution in [2.75, 3.05) is 0 Å². The number of rotatable bonds is 9. The molecule has 4 rings (SSSR count). The van der Waals surface area contributed by atoms with E-state index in [1.165, 1.54) is 35.6 Å². The van der Waals surface area contributed by atoms with Gasteiger partial charge >= 0.3 is 0 Å². The van der Waals surface area contributed by atoms with Crippen molar-refractivity contribution in [1.29, 1.82) is 0 Å². The van der Waals surface area contributed by atoms with Gasteiger partial charge in [-0.05, 0) is 92.4 Å². The molecule has 1 nitrogen and oxygen atoms in total. The van der Waals surface area contributed by atoms with Gasteiger partial charge in [0.05, 0.1) is 0 Å². The molecule has 0 fully saturated rings. The van der Waals surface area contributed by atoms with Crippen molar-refractivity contribution in [2.24, 2.45) is 0 Å². The topological polar surface area (TPSA) is 17.1 Å². The van der Waals surface area contributed by atoms with Crippen molar-refractivity contribution in [1.82, 2.24) is 0 Å². The maximum absolute atomic E-state index is 14.4. The Hall–Kier alpha value is -3.26. The van der Waals surface area contributed by atoms with Crippen LogP contribution in [-0.2, 0) is 11.2 Å². The van der Waals surface area contributed by atoms with E-state index in [9.17, 15) is 9.18 Å². The molecule has 0 aromatic heterocycles. The summed E-state index contributed by atoms with van der Waals surface area (Å²) in [6.07, 6.45) is 18.6. The van der Waals surface area contributed by atoms with E-state index >= 15 is 0 Å². The summed E-state index contributed by atoms with van der Waals surface area (Å²) in [5.74, 6) is -0.0673. The molecule has 0 saturated heterocycles. The van der Waals surface area contributed by atoms with E-state index in [-0.39, 0.29) is 13.0 Å². The highest BCUT2D eigenvalue weighted by Crippen LogP contribution is 2.34. The summed E-state index contributed by atoms with van der Waals surface area (Å²) < 4.78 is 14.4. The van der Waals surface area contributed by atoms with Crippen LogP contribution in [0, 0.1) is 5.82 Å². The van der Waals surface area contributed by atoms with Crippen molar-refractivity contribution in [2.45, 2.75) is 58.3 Å². The van der Waals surface area contributed by atoms with Gasteiger partial charge in [-0.2, -0.15) is 0 Å². The zero-order valence-corrected chi connectivity index (χ0v) is 20.0. The van der Waals surface area contributed by atoms with E-state index < -0.39 is 0 Å². The van der Waals surface area contributed by atoms with Gasteiger partial charge in [-0.1, -0.05) is 78.8 Å². The number of unbranched alkanes of at least 4 members (excludes halogenated alkanes) is 2. The van der Waals surface area contributed by atoms with E-state index in [1.54, 1.807) is 13.0 Å². The molecule has 176 valence electrons. The Labute approximate surface area is 204 Å². The lowest BCUT2D eigenvalue weighted by Gasteiger charge is -2.20. The molecule has 2 aromatic rings. The average Bonchev–Trinajstić information content (AvgIpc) is 3.11. The van der Waals surface area contributed by atoms with E-state index in [2.05, 4.69) is 60.7 Å². The van der Waals surface area contributed by atoms with Gasteiger partial charge in [-0.15, -0.1) is 0 Å². The second-order valence-electron chi connectivity index (χ2n) is 9.17. The lowest BCUT2D eigenvalue weighted by atomic mass is 9.84. The standard InChI is InChI=1S/C32H33FO.H2/c1-24(34)31-23-28(21-20-26(31)15-7-3-6-14-25-12-4-2-5-13-25)27-16-8-9-17-29(22-27)30-18-10-11-19-32(30)33;/h2,4-5,8,10-13,16-19,22-23H,3,6-7,9,14-15,20-21H2,1H3;1H. The van der Waals surface area contributed by atoms with Crippen molar-refractivity contribution in [3.8, 4) is 0 Å². The molecule has 0 atom stereocenters. The molecule has 2 aliphatic rings. The number of ketones is 1. The normalized spacial score (nSPS) is 16.0. The van der Waals surface area contributed by atoms with Crippen LogP contribution in [0.2, 0.25) is 0 Å². The average molecular weight is 455 g/mol. The van der Waals surface area contributed by atoms with Crippen LogP contribution in [-0.4, -0.2) is 5.78 Å². The number of benzene rings is 2. The molecular weight excluding hydrogens is 419 g/mol. The van der Waals surface area contributed by atoms with Crippen molar-refractivity contribution in [3.63, 3.8) is 0 Å². The van der Waals surface area contributed by atoms with Crippen LogP contribution < -0.4 is 0 Å². The van der Waals surface area contributed by atoms with E-state index in [1.807, 2.05) is 12.1 Å². The highest BCUT2D eigenvalue weighted by atomic mass is 19.1. The zero-order chi connectivity index (χ0) is 23.8. The second-order valence-corrected chi connectivity index (χ2v) is 9.17. The third-order valence-corrected chi connectivity index (χ3v) is 6.70. The maximum Gasteiger partial charge on any atom is 0.159 e. The first-order valence-corrected chi connectivity index (χ1v) is 12.4. The van der Waals surface area contributed by atoms with Crippen LogP contribution in [0.25, 0.3) is 5.57 Å². The fourth-order valence-corrected chi connectivity index (χ4v) is 4.84. The summed E-state index contributed by atoms with van der Waals surface area (Å²) in [4.78, 5) is 12.5. The van der Waals surface area contributed by atoms with Crippen molar-refractivity contribution >= 4 is 11.4 Å². The summed E-state index contributed by atoms with van der Waals surface area (Å²) in [6.45, 7) is 1.67. The quantitative estimate of drug-likeness (QED) is 0.346.